The van der Waals surface area contributed by atoms with Crippen molar-refractivity contribution in [2.45, 2.75) is 19.4 Å². The van der Waals surface area contributed by atoms with E-state index in [1.54, 1.807) is 0 Å². The Morgan fingerprint density at radius 3 is 2.60 bits per heavy atom. The van der Waals surface area contributed by atoms with Crippen LogP contribution in [0.15, 0.2) is 5.11 Å². The van der Waals surface area contributed by atoms with Gasteiger partial charge in [0.05, 0.1) is 0 Å². The van der Waals surface area contributed by atoms with Gasteiger partial charge >= 0.3 is 6.23 Å². The maximum atomic E-state index is 12.0. The molecule has 0 aromatic rings. The van der Waals surface area contributed by atoms with Crippen LogP contribution in [0.2, 0.25) is 0 Å². The molecule has 0 spiro atoms. The third-order valence-corrected chi connectivity index (χ3v) is 0.489. The smallest absolute Gasteiger partial charge is 0.306 e. The molecule has 10 heavy (non-hydrogen) atoms. The van der Waals surface area contributed by atoms with Crippen LogP contribution in [0.25, 0.3) is 10.4 Å². The van der Waals surface area contributed by atoms with Crippen LogP contribution in [0.4, 0.5) is 8.78 Å². The zero-order valence-corrected chi connectivity index (χ0v) is 5.16. The van der Waals surface area contributed by atoms with Gasteiger partial charge in [0, 0.05) is 10.0 Å². The standard InChI is InChI=1S/C3H6F2N4O/c1-2(6)10-3(4,5)8-9-7/h2H,6H2,1H3. The number of nitrogens with zero attached hydrogens (tertiary/aromatic N) is 3. The van der Waals surface area contributed by atoms with Gasteiger partial charge in [-0.2, -0.15) is 8.78 Å². The Morgan fingerprint density at radius 1 is 1.80 bits per heavy atom. The molecule has 0 aromatic carbocycles. The average Bonchev–Trinajstić information content (AvgIpc) is 1.59. The molecule has 7 heteroatoms. The summed E-state index contributed by atoms with van der Waals surface area (Å²) in [6.07, 6.45) is -5.01. The van der Waals surface area contributed by atoms with Gasteiger partial charge in [-0.3, -0.25) is 4.74 Å². The van der Waals surface area contributed by atoms with Crippen molar-refractivity contribution >= 4 is 0 Å². The number of halogens is 2. The molecule has 5 nitrogen and oxygen atoms in total. The van der Waals surface area contributed by atoms with Gasteiger partial charge in [0.2, 0.25) is 0 Å². The zero-order valence-electron chi connectivity index (χ0n) is 5.16. The maximum Gasteiger partial charge on any atom is 0.438 e. The monoisotopic (exact) mass is 152 g/mol. The summed E-state index contributed by atoms with van der Waals surface area (Å²) in [5.41, 5.74) is 12.4. The molecule has 0 aliphatic carbocycles. The lowest BCUT2D eigenvalue weighted by Crippen LogP contribution is -2.29. The molecule has 0 aromatic heterocycles. The summed E-state index contributed by atoms with van der Waals surface area (Å²) < 4.78 is 27.6. The van der Waals surface area contributed by atoms with Crippen molar-refractivity contribution in [2.24, 2.45) is 10.8 Å². The van der Waals surface area contributed by atoms with E-state index in [-0.39, 0.29) is 0 Å². The highest BCUT2D eigenvalue weighted by Crippen LogP contribution is 2.17. The third kappa shape index (κ3) is 4.02. The zero-order chi connectivity index (χ0) is 8.20. The number of hydrogen-bond acceptors (Lipinski definition) is 3. The fourth-order valence-electron chi connectivity index (χ4n) is 0.299. The minimum absolute atomic E-state index is 1.17. The van der Waals surface area contributed by atoms with Crippen LogP contribution < -0.4 is 5.73 Å². The minimum Gasteiger partial charge on any atom is -0.306 e. The molecule has 1 atom stereocenters. The molecule has 0 radical (unpaired) electrons. The molecular weight excluding hydrogens is 146 g/mol. The fraction of sp³-hybridized carbons (Fsp3) is 1.00. The first-order valence-corrected chi connectivity index (χ1v) is 2.35. The molecule has 0 aliphatic rings. The highest BCUT2D eigenvalue weighted by atomic mass is 19.3. The minimum atomic E-state index is -3.84. The Hall–Kier alpha value is -0.910. The molecule has 0 saturated heterocycles. The molecule has 0 amide bonds. The summed E-state index contributed by atoms with van der Waals surface area (Å²) in [5.74, 6) is 0. The quantitative estimate of drug-likeness (QED) is 0.216. The van der Waals surface area contributed by atoms with E-state index in [1.807, 2.05) is 10.0 Å². The van der Waals surface area contributed by atoms with Crippen LogP contribution >= 0.6 is 0 Å². The molecule has 58 valence electrons. The van der Waals surface area contributed by atoms with E-state index in [9.17, 15) is 8.78 Å². The number of rotatable bonds is 3. The van der Waals surface area contributed by atoms with Gasteiger partial charge in [0.25, 0.3) is 0 Å². The lowest BCUT2D eigenvalue weighted by Gasteiger charge is -2.12. The summed E-state index contributed by atoms with van der Waals surface area (Å²) in [7, 11) is 0. The number of azide groups is 1. The molecule has 0 aliphatic heterocycles. The average molecular weight is 152 g/mol. The Kier molecular flexibility index (Phi) is 3.01. The summed E-state index contributed by atoms with van der Waals surface area (Å²) in [5, 5.41) is 2.04. The van der Waals surface area contributed by atoms with Gasteiger partial charge in [-0.05, 0) is 12.5 Å². The van der Waals surface area contributed by atoms with Gasteiger partial charge in [-0.1, -0.05) is 0 Å². The maximum absolute atomic E-state index is 12.0. The van der Waals surface area contributed by atoms with Crippen LogP contribution in [0, 0.1) is 0 Å². The molecule has 1 unspecified atom stereocenters. The van der Waals surface area contributed by atoms with Gasteiger partial charge < -0.3 is 5.73 Å². The van der Waals surface area contributed by atoms with E-state index in [4.69, 9.17) is 11.3 Å². The summed E-state index contributed by atoms with van der Waals surface area (Å²) in [4.78, 5) is 1.85. The predicted octanol–water partition coefficient (Wildman–Crippen LogP) is 1.17. The highest BCUT2D eigenvalue weighted by Gasteiger charge is 2.29. The van der Waals surface area contributed by atoms with Gasteiger partial charge in [0.15, 0.2) is 0 Å². The van der Waals surface area contributed by atoms with Crippen molar-refractivity contribution in [2.75, 3.05) is 0 Å². The van der Waals surface area contributed by atoms with Crippen molar-refractivity contribution in [1.29, 1.82) is 0 Å². The normalized spacial score (nSPS) is 14.0. The molecule has 0 bridgehead atoms. The van der Waals surface area contributed by atoms with Gasteiger partial charge in [-0.15, -0.1) is 0 Å². The first kappa shape index (κ1) is 9.09. The second kappa shape index (κ2) is 3.31. The van der Waals surface area contributed by atoms with E-state index in [2.05, 4.69) is 4.74 Å². The van der Waals surface area contributed by atoms with Crippen molar-refractivity contribution in [3.63, 3.8) is 0 Å². The Balaban J connectivity index is 3.98. The van der Waals surface area contributed by atoms with Crippen LogP contribution in [0.3, 0.4) is 0 Å². The van der Waals surface area contributed by atoms with Crippen molar-refractivity contribution in [3.8, 4) is 0 Å². The lowest BCUT2D eigenvalue weighted by atomic mass is 10.7. The van der Waals surface area contributed by atoms with Crippen molar-refractivity contribution in [3.05, 3.63) is 10.4 Å². The fourth-order valence-corrected chi connectivity index (χ4v) is 0.299. The van der Waals surface area contributed by atoms with Crippen LogP contribution in [-0.4, -0.2) is 12.5 Å². The van der Waals surface area contributed by atoms with E-state index < -0.39 is 12.5 Å². The first-order chi connectivity index (χ1) is 4.48. The number of nitrogens with two attached hydrogens (primary N) is 1. The Morgan fingerprint density at radius 2 is 2.30 bits per heavy atom. The Labute approximate surface area is 55.4 Å². The summed E-state index contributed by atoms with van der Waals surface area (Å²) >= 11 is 0. The van der Waals surface area contributed by atoms with Crippen molar-refractivity contribution in [1.82, 2.24) is 0 Å². The SMILES string of the molecule is CC(N)OC(F)(F)N=[N+]=[N-]. The third-order valence-electron chi connectivity index (χ3n) is 0.489. The molecule has 2 N–H and O–H groups in total. The molecule has 0 rings (SSSR count). The van der Waals surface area contributed by atoms with Crippen LogP contribution in [0.5, 0.6) is 0 Å². The van der Waals surface area contributed by atoms with Crippen molar-refractivity contribution < 1.29 is 13.5 Å². The van der Waals surface area contributed by atoms with E-state index in [1.165, 1.54) is 6.92 Å². The van der Waals surface area contributed by atoms with Gasteiger partial charge in [-0.25, -0.2) is 0 Å². The van der Waals surface area contributed by atoms with E-state index in [0.717, 1.165) is 0 Å². The second-order valence-electron chi connectivity index (χ2n) is 1.50. The van der Waals surface area contributed by atoms with Crippen LogP contribution in [-0.2, 0) is 4.74 Å². The number of alkyl halides is 2. The largest absolute Gasteiger partial charge is 0.438 e. The Bertz CT molecular complexity index is 153. The molecular formula is C3H6F2N4O. The summed E-state index contributed by atoms with van der Waals surface area (Å²) in [6, 6.07) is 0. The highest BCUT2D eigenvalue weighted by molar-refractivity contribution is 4.51. The topological polar surface area (TPSA) is 84.0 Å². The number of hydrogen-bond donors (Lipinski definition) is 1. The second-order valence-corrected chi connectivity index (χ2v) is 1.50. The molecule has 0 saturated carbocycles. The lowest BCUT2D eigenvalue weighted by molar-refractivity contribution is -0.253. The summed E-state index contributed by atoms with van der Waals surface area (Å²) in [6.45, 7) is 1.20. The van der Waals surface area contributed by atoms with Gasteiger partial charge in [0.1, 0.15) is 6.23 Å². The predicted molar refractivity (Wildman–Crippen MR) is 28.8 cm³/mol. The molecule has 0 fully saturated rings. The van der Waals surface area contributed by atoms with E-state index >= 15 is 0 Å². The van der Waals surface area contributed by atoms with E-state index in [0.29, 0.717) is 0 Å². The molecule has 0 heterocycles. The number of ether oxygens (including phenoxy) is 1. The van der Waals surface area contributed by atoms with Crippen LogP contribution in [0.1, 0.15) is 6.92 Å². The first-order valence-electron chi connectivity index (χ1n) is 2.35.